The molecule has 40 heavy (non-hydrogen) atoms. The molecule has 1 aliphatic rings. The summed E-state index contributed by atoms with van der Waals surface area (Å²) in [4.78, 5) is 10.3. The van der Waals surface area contributed by atoms with E-state index in [0.717, 1.165) is 22.0 Å². The van der Waals surface area contributed by atoms with Crippen molar-refractivity contribution in [2.75, 3.05) is 41.0 Å². The highest BCUT2D eigenvalue weighted by Crippen LogP contribution is 2.32. The second-order valence-electron chi connectivity index (χ2n) is 8.75. The number of sulfonamides is 1. The Morgan fingerprint density at radius 2 is 1.65 bits per heavy atom. The molecule has 0 unspecified atom stereocenters. The number of rotatable bonds is 15. The molecule has 0 saturated heterocycles. The molecule has 1 heterocycles. The lowest BCUT2D eigenvalue weighted by Crippen LogP contribution is -2.54. The molecule has 0 spiro atoms. The Kier molecular flexibility index (Phi) is 11.3. The van der Waals surface area contributed by atoms with E-state index in [0.29, 0.717) is 6.42 Å². The van der Waals surface area contributed by atoms with E-state index < -0.39 is 60.5 Å². The van der Waals surface area contributed by atoms with E-state index >= 15 is 0 Å². The molecule has 0 N–H and O–H groups in total. The smallest absolute Gasteiger partial charge is 0.297 e. The van der Waals surface area contributed by atoms with Gasteiger partial charge in [0.1, 0.15) is 25.8 Å². The van der Waals surface area contributed by atoms with Crippen molar-refractivity contribution in [1.82, 2.24) is 4.31 Å². The lowest BCUT2D eigenvalue weighted by Gasteiger charge is -2.39. The first-order chi connectivity index (χ1) is 19.0. The molecule has 2 aromatic rings. The predicted octanol–water partition coefficient (Wildman–Crippen LogP) is 2.61. The van der Waals surface area contributed by atoms with Crippen molar-refractivity contribution in [3.05, 3.63) is 76.4 Å². The molecule has 3 rings (SSSR count). The van der Waals surface area contributed by atoms with Gasteiger partial charge in [0, 0.05) is 26.8 Å². The summed E-state index contributed by atoms with van der Waals surface area (Å²) in [5.74, 6) is 0. The zero-order valence-corrected chi connectivity index (χ0v) is 23.9. The van der Waals surface area contributed by atoms with E-state index in [-0.39, 0.29) is 25.0 Å². The summed E-state index contributed by atoms with van der Waals surface area (Å²) in [5.41, 5.74) is 0.280. The molecule has 13 nitrogen and oxygen atoms in total. The minimum absolute atomic E-state index is 0.0259. The number of nitrogens with zero attached hydrogens (tertiary/aromatic N) is 2. The summed E-state index contributed by atoms with van der Waals surface area (Å²) in [6.07, 6.45) is 1.28. The lowest BCUT2D eigenvalue weighted by molar-refractivity contribution is -0.387. The van der Waals surface area contributed by atoms with Crippen molar-refractivity contribution >= 4 is 25.8 Å². The summed E-state index contributed by atoms with van der Waals surface area (Å²) in [5, 5.41) is 11.6. The summed E-state index contributed by atoms with van der Waals surface area (Å²) in [6.45, 7) is 0.634. The van der Waals surface area contributed by atoms with Crippen molar-refractivity contribution in [3.8, 4) is 0 Å². The van der Waals surface area contributed by atoms with Crippen molar-refractivity contribution in [3.63, 3.8) is 0 Å². The molecular formula is C25H32N2O11S2. The zero-order chi connectivity index (χ0) is 29.3. The molecule has 0 bridgehead atoms. The quantitative estimate of drug-likeness (QED) is 0.0971. The predicted molar refractivity (Wildman–Crippen MR) is 142 cm³/mol. The van der Waals surface area contributed by atoms with Gasteiger partial charge in [0.25, 0.3) is 25.8 Å². The Labute approximate surface area is 233 Å². The fraction of sp³-hybridized carbons (Fsp3) is 0.440. The molecular weight excluding hydrogens is 568 g/mol. The number of nitro groups is 1. The van der Waals surface area contributed by atoms with Crippen LogP contribution < -0.4 is 0 Å². The van der Waals surface area contributed by atoms with Gasteiger partial charge in [-0.3, -0.25) is 14.3 Å². The molecule has 15 heteroatoms. The van der Waals surface area contributed by atoms with Gasteiger partial charge in [-0.2, -0.15) is 12.7 Å². The van der Waals surface area contributed by atoms with Gasteiger partial charge in [0.05, 0.1) is 22.5 Å². The Bertz CT molecular complexity index is 1380. The van der Waals surface area contributed by atoms with Crippen LogP contribution >= 0.6 is 0 Å². The molecule has 0 saturated carbocycles. The molecule has 220 valence electrons. The average Bonchev–Trinajstić information content (AvgIpc) is 2.94. The van der Waals surface area contributed by atoms with Crippen LogP contribution in [0.5, 0.6) is 0 Å². The summed E-state index contributed by atoms with van der Waals surface area (Å²) >= 11 is 0. The van der Waals surface area contributed by atoms with Gasteiger partial charge < -0.3 is 18.9 Å². The first-order valence-electron chi connectivity index (χ1n) is 12.1. The maximum Gasteiger partial charge on any atom is 0.297 e. The Balaban J connectivity index is 1.99. The van der Waals surface area contributed by atoms with E-state index in [4.69, 9.17) is 23.1 Å². The molecule has 0 aromatic heterocycles. The van der Waals surface area contributed by atoms with Crippen LogP contribution in [0.3, 0.4) is 0 Å². The number of aryl methyl sites for hydroxylation is 1. The van der Waals surface area contributed by atoms with E-state index in [1.165, 1.54) is 38.5 Å². The van der Waals surface area contributed by atoms with Crippen LogP contribution in [0.1, 0.15) is 12.0 Å². The number of hydrogen-bond acceptors (Lipinski definition) is 11. The van der Waals surface area contributed by atoms with Crippen LogP contribution in [0.25, 0.3) is 0 Å². The summed E-state index contributed by atoms with van der Waals surface area (Å²) in [7, 11) is -5.92. The van der Waals surface area contributed by atoms with E-state index in [9.17, 15) is 26.9 Å². The van der Waals surface area contributed by atoms with Gasteiger partial charge in [0.15, 0.2) is 4.90 Å². The lowest BCUT2D eigenvalue weighted by atomic mass is 10.0. The minimum atomic E-state index is -4.43. The van der Waals surface area contributed by atoms with Crippen molar-refractivity contribution in [2.45, 2.75) is 41.4 Å². The highest BCUT2D eigenvalue weighted by atomic mass is 32.2. The third kappa shape index (κ3) is 7.70. The monoisotopic (exact) mass is 600 g/mol. The van der Waals surface area contributed by atoms with E-state index in [1.807, 2.05) is 6.92 Å². The fourth-order valence-corrected chi connectivity index (χ4v) is 6.77. The van der Waals surface area contributed by atoms with Crippen LogP contribution in [0, 0.1) is 17.0 Å². The van der Waals surface area contributed by atoms with Gasteiger partial charge in [-0.25, -0.2) is 8.42 Å². The second-order valence-corrected chi connectivity index (χ2v) is 12.2. The van der Waals surface area contributed by atoms with Gasteiger partial charge in [-0.1, -0.05) is 42.0 Å². The van der Waals surface area contributed by atoms with Crippen molar-refractivity contribution < 1.29 is 44.9 Å². The number of para-hydroxylation sites is 1. The maximum atomic E-state index is 13.8. The maximum absolute atomic E-state index is 13.8. The normalized spacial score (nSPS) is 17.9. The third-order valence-corrected chi connectivity index (χ3v) is 9.25. The first-order valence-corrected chi connectivity index (χ1v) is 15.0. The zero-order valence-electron chi connectivity index (χ0n) is 22.2. The van der Waals surface area contributed by atoms with Crippen LogP contribution in [0.4, 0.5) is 5.69 Å². The summed E-state index contributed by atoms with van der Waals surface area (Å²) < 4.78 is 81.3. The van der Waals surface area contributed by atoms with Gasteiger partial charge in [0.2, 0.25) is 0 Å². The molecule has 0 aliphatic carbocycles. The van der Waals surface area contributed by atoms with Crippen LogP contribution in [-0.4, -0.2) is 85.3 Å². The minimum Gasteiger partial charge on any atom is -0.359 e. The van der Waals surface area contributed by atoms with Crippen molar-refractivity contribution in [1.29, 1.82) is 0 Å². The molecule has 1 aliphatic heterocycles. The van der Waals surface area contributed by atoms with Gasteiger partial charge in [-0.05, 0) is 31.5 Å². The van der Waals surface area contributed by atoms with Crippen LogP contribution in [-0.2, 0) is 43.3 Å². The van der Waals surface area contributed by atoms with Gasteiger partial charge in [-0.15, -0.1) is 0 Å². The van der Waals surface area contributed by atoms with E-state index in [1.54, 1.807) is 24.3 Å². The van der Waals surface area contributed by atoms with E-state index in [2.05, 4.69) is 0 Å². The third-order valence-electron chi connectivity index (χ3n) is 6.01. The first kappa shape index (κ1) is 31.8. The average molecular weight is 601 g/mol. The van der Waals surface area contributed by atoms with Crippen LogP contribution in [0.2, 0.25) is 0 Å². The Hall–Kier alpha value is -2.76. The van der Waals surface area contributed by atoms with Gasteiger partial charge >= 0.3 is 0 Å². The second kappa shape index (κ2) is 14.2. The van der Waals surface area contributed by atoms with Crippen LogP contribution in [0.15, 0.2) is 70.5 Å². The molecule has 0 amide bonds. The molecule has 0 radical (unpaired) electrons. The fourth-order valence-electron chi connectivity index (χ4n) is 4.08. The largest absolute Gasteiger partial charge is 0.359 e. The molecule has 3 atom stereocenters. The standard InChI is InChI=1S/C25H32N2O11S2/c1-19-11-13-20(14-12-19)40(32,33)38-16-23(36-17-34-2)25(37-18-35-3)22-9-6-7-15-26(22)39(30,31)24-10-5-4-8-21(24)27(28)29/h4-6,8-14,22-23,25H,7,15-18H2,1-3H3/t22-,23-,25-/m0/s1. The highest BCUT2D eigenvalue weighted by Gasteiger charge is 2.43. The highest BCUT2D eigenvalue weighted by molar-refractivity contribution is 7.89. The SMILES string of the molecule is COCO[C@H]([C@H](COS(=O)(=O)c1ccc(C)cc1)OCOC)[C@@H]1C=CCCN1S(=O)(=O)c1ccccc1[N+](=O)[O-]. The number of hydrogen-bond donors (Lipinski definition) is 0. The molecule has 0 fully saturated rings. The number of nitro benzene ring substituents is 1. The Morgan fingerprint density at radius 3 is 2.30 bits per heavy atom. The van der Waals surface area contributed by atoms with Crippen molar-refractivity contribution in [2.24, 2.45) is 0 Å². The number of benzene rings is 2. The Morgan fingerprint density at radius 1 is 1.00 bits per heavy atom. The number of methoxy groups -OCH3 is 2. The summed E-state index contributed by atoms with van der Waals surface area (Å²) in [6, 6.07) is 10.0. The number of ether oxygens (including phenoxy) is 4. The molecule has 2 aromatic carbocycles. The topological polar surface area (TPSA) is 161 Å².